The summed E-state index contributed by atoms with van der Waals surface area (Å²) in [5.74, 6) is 1.53. The summed E-state index contributed by atoms with van der Waals surface area (Å²) in [6, 6.07) is 23.5. The number of nitrogens with zero attached hydrogens (tertiary/aromatic N) is 4. The van der Waals surface area contributed by atoms with Crippen LogP contribution >= 0.6 is 11.6 Å². The molecule has 6 nitrogen and oxygen atoms in total. The molecule has 0 radical (unpaired) electrons. The third-order valence-corrected chi connectivity index (χ3v) is 5.24. The molecule has 0 atom stereocenters. The van der Waals surface area contributed by atoms with E-state index in [1.807, 2.05) is 64.4 Å². The number of aromatic nitrogens is 2. The van der Waals surface area contributed by atoms with Crippen LogP contribution in [0.4, 0.5) is 0 Å². The molecule has 154 valence electrons. The minimum Gasteiger partial charge on any atom is -0.457 e. The molecule has 0 saturated carbocycles. The molecule has 1 aromatic heterocycles. The summed E-state index contributed by atoms with van der Waals surface area (Å²) in [5.41, 5.74) is 5.30. The Morgan fingerprint density at radius 3 is 2.35 bits per heavy atom. The summed E-state index contributed by atoms with van der Waals surface area (Å²) in [5, 5.41) is 13.3. The molecule has 0 unspecified atom stereocenters. The van der Waals surface area contributed by atoms with Gasteiger partial charge in [0.25, 0.3) is 0 Å². The molecule has 0 bridgehead atoms. The van der Waals surface area contributed by atoms with Crippen LogP contribution < -0.4 is 20.8 Å². The fraction of sp³-hybridized carbons (Fsp3) is 0.0833. The summed E-state index contributed by atoms with van der Waals surface area (Å²) in [7, 11) is 0. The van der Waals surface area contributed by atoms with Crippen LogP contribution in [-0.4, -0.2) is 21.3 Å². The maximum atomic E-state index is 5.93. The van der Waals surface area contributed by atoms with Gasteiger partial charge in [-0.25, -0.2) is 5.53 Å². The lowest BCUT2D eigenvalue weighted by Crippen LogP contribution is -2.43. The molecule has 2 heterocycles. The fourth-order valence-corrected chi connectivity index (χ4v) is 3.49. The number of ether oxygens (including phenoxy) is 1. The van der Waals surface area contributed by atoms with Gasteiger partial charge in [-0.05, 0) is 65.7 Å². The molecule has 3 aromatic carbocycles. The first kappa shape index (κ1) is 19.2. The van der Waals surface area contributed by atoms with Gasteiger partial charge in [-0.15, -0.1) is 0 Å². The van der Waals surface area contributed by atoms with Crippen molar-refractivity contribution in [1.29, 1.82) is 0 Å². The molecule has 5 rings (SSSR count). The predicted molar refractivity (Wildman–Crippen MR) is 121 cm³/mol. The van der Waals surface area contributed by atoms with Crippen LogP contribution in [0, 0.1) is 0 Å². The van der Waals surface area contributed by atoms with Crippen LogP contribution in [0.1, 0.15) is 0 Å². The minimum absolute atomic E-state index is 0.689. The average molecular weight is 430 g/mol. The molecule has 4 aromatic rings. The quantitative estimate of drug-likeness (QED) is 0.506. The Hall–Kier alpha value is -3.77. The van der Waals surface area contributed by atoms with Crippen molar-refractivity contribution in [3.63, 3.8) is 0 Å². The van der Waals surface area contributed by atoms with Gasteiger partial charge in [0.05, 0.1) is 18.4 Å². The summed E-state index contributed by atoms with van der Waals surface area (Å²) < 4.78 is 7.78. The maximum Gasteiger partial charge on any atom is 0.127 e. The average Bonchev–Trinajstić information content (AvgIpc) is 3.33. The largest absolute Gasteiger partial charge is 0.457 e. The summed E-state index contributed by atoms with van der Waals surface area (Å²) in [4.78, 5) is 0. The van der Waals surface area contributed by atoms with Gasteiger partial charge in [-0.2, -0.15) is 10.2 Å². The molecule has 0 spiro atoms. The number of fused-ring (bicyclic) bond motifs is 1. The molecule has 0 amide bonds. The van der Waals surface area contributed by atoms with E-state index in [2.05, 4.69) is 46.2 Å². The van der Waals surface area contributed by atoms with Gasteiger partial charge in [0.2, 0.25) is 0 Å². The second kappa shape index (κ2) is 8.53. The first-order valence-electron chi connectivity index (χ1n) is 9.96. The molecular formula is C24H20ClN5O. The molecular weight excluding hydrogens is 410 g/mol. The van der Waals surface area contributed by atoms with Crippen molar-refractivity contribution in [2.75, 3.05) is 6.54 Å². The van der Waals surface area contributed by atoms with Gasteiger partial charge in [0.15, 0.2) is 0 Å². The minimum atomic E-state index is 0.689. The van der Waals surface area contributed by atoms with Gasteiger partial charge in [-0.3, -0.25) is 9.69 Å². The third kappa shape index (κ3) is 4.54. The van der Waals surface area contributed by atoms with E-state index < -0.39 is 0 Å². The second-order valence-corrected chi connectivity index (χ2v) is 7.59. The number of hydrazine groups is 1. The van der Waals surface area contributed by atoms with Crippen molar-refractivity contribution in [2.45, 2.75) is 6.54 Å². The van der Waals surface area contributed by atoms with E-state index in [1.165, 1.54) is 0 Å². The fourth-order valence-electron chi connectivity index (χ4n) is 3.37. The van der Waals surface area contributed by atoms with E-state index in [-0.39, 0.29) is 0 Å². The first-order valence-corrected chi connectivity index (χ1v) is 10.3. The number of rotatable bonds is 6. The van der Waals surface area contributed by atoms with Crippen LogP contribution in [0.2, 0.25) is 5.02 Å². The van der Waals surface area contributed by atoms with Crippen LogP contribution in [0.25, 0.3) is 17.3 Å². The SMILES string of the molecule is Clc1ccc(Oc2ccc(-c3ccc4c(c3)=CN(CCn3cccn3)NN=4)cc2)cc1. The normalized spacial score (nSPS) is 12.4. The van der Waals surface area contributed by atoms with Crippen molar-refractivity contribution in [2.24, 2.45) is 5.10 Å². The van der Waals surface area contributed by atoms with Crippen molar-refractivity contribution in [1.82, 2.24) is 20.3 Å². The van der Waals surface area contributed by atoms with Gasteiger partial charge in [0.1, 0.15) is 11.5 Å². The van der Waals surface area contributed by atoms with E-state index in [9.17, 15) is 0 Å². The lowest BCUT2D eigenvalue weighted by molar-refractivity contribution is 0.279. The van der Waals surface area contributed by atoms with Gasteiger partial charge in [0, 0.05) is 28.8 Å². The molecule has 31 heavy (non-hydrogen) atoms. The predicted octanol–water partition coefficient (Wildman–Crippen LogP) is 3.79. The highest BCUT2D eigenvalue weighted by molar-refractivity contribution is 6.30. The van der Waals surface area contributed by atoms with Gasteiger partial charge >= 0.3 is 0 Å². The van der Waals surface area contributed by atoms with Crippen LogP contribution in [0.15, 0.2) is 90.3 Å². The van der Waals surface area contributed by atoms with Crippen molar-refractivity contribution in [3.8, 4) is 22.6 Å². The number of hydrogen-bond donors (Lipinski definition) is 1. The number of halogens is 1. The summed E-state index contributed by atoms with van der Waals surface area (Å²) in [6.07, 6.45) is 5.81. The molecule has 7 heteroatoms. The zero-order valence-corrected chi connectivity index (χ0v) is 17.4. The Morgan fingerprint density at radius 1 is 0.871 bits per heavy atom. The van der Waals surface area contributed by atoms with E-state index in [4.69, 9.17) is 16.3 Å². The zero-order valence-electron chi connectivity index (χ0n) is 16.6. The number of hydrogen-bond acceptors (Lipinski definition) is 5. The molecule has 1 N–H and O–H groups in total. The van der Waals surface area contributed by atoms with E-state index in [1.54, 1.807) is 6.20 Å². The molecule has 0 aliphatic carbocycles. The van der Waals surface area contributed by atoms with Crippen molar-refractivity contribution >= 4 is 17.8 Å². The number of nitrogens with one attached hydrogen (secondary N) is 1. The highest BCUT2D eigenvalue weighted by Gasteiger charge is 2.06. The van der Waals surface area contributed by atoms with Crippen LogP contribution in [0.5, 0.6) is 11.5 Å². The molecule has 0 saturated heterocycles. The maximum absolute atomic E-state index is 5.93. The Kier molecular flexibility index (Phi) is 5.29. The first-order chi connectivity index (χ1) is 15.2. The monoisotopic (exact) mass is 429 g/mol. The second-order valence-electron chi connectivity index (χ2n) is 7.16. The lowest BCUT2D eigenvalue weighted by atomic mass is 10.0. The Balaban J connectivity index is 1.32. The number of benzene rings is 3. The zero-order chi connectivity index (χ0) is 21.0. The Bertz CT molecular complexity index is 1290. The van der Waals surface area contributed by atoms with Crippen molar-refractivity contribution < 1.29 is 4.74 Å². The van der Waals surface area contributed by atoms with Gasteiger partial charge < -0.3 is 4.74 Å². The standard InChI is InChI=1S/C24H20ClN5O/c25-21-5-9-23(10-6-21)31-22-7-2-18(3-8-22)19-4-11-24-20(16-19)17-30(28-27-24)15-14-29-13-1-12-26-29/h1-13,16-17,28H,14-15H2. The summed E-state index contributed by atoms with van der Waals surface area (Å²) in [6.45, 7) is 1.53. The van der Waals surface area contributed by atoms with E-state index >= 15 is 0 Å². The van der Waals surface area contributed by atoms with E-state index in [0.29, 0.717) is 5.02 Å². The highest BCUT2D eigenvalue weighted by atomic mass is 35.5. The molecule has 0 fully saturated rings. The Morgan fingerprint density at radius 2 is 1.61 bits per heavy atom. The van der Waals surface area contributed by atoms with Crippen molar-refractivity contribution in [3.05, 3.63) is 101 Å². The lowest BCUT2D eigenvalue weighted by Gasteiger charge is -2.21. The summed E-state index contributed by atoms with van der Waals surface area (Å²) >= 11 is 5.93. The van der Waals surface area contributed by atoms with Gasteiger partial charge in [-0.1, -0.05) is 29.8 Å². The topological polar surface area (TPSA) is 54.7 Å². The molecule has 1 aliphatic rings. The third-order valence-electron chi connectivity index (χ3n) is 4.99. The molecule has 1 aliphatic heterocycles. The van der Waals surface area contributed by atoms with E-state index in [0.717, 1.165) is 46.3 Å². The highest BCUT2D eigenvalue weighted by Crippen LogP contribution is 2.26. The smallest absolute Gasteiger partial charge is 0.127 e. The Labute approximate surface area is 184 Å². The van der Waals surface area contributed by atoms with Crippen LogP contribution in [0.3, 0.4) is 0 Å². The van der Waals surface area contributed by atoms with Crippen LogP contribution in [-0.2, 0) is 6.54 Å².